The summed E-state index contributed by atoms with van der Waals surface area (Å²) >= 11 is 0. The highest BCUT2D eigenvalue weighted by molar-refractivity contribution is 5.85. The molecule has 0 spiro atoms. The van der Waals surface area contributed by atoms with Crippen LogP contribution in [0.25, 0.3) is 0 Å². The van der Waals surface area contributed by atoms with Crippen molar-refractivity contribution in [2.24, 2.45) is 0 Å². The van der Waals surface area contributed by atoms with E-state index in [-0.39, 0.29) is 18.5 Å². The summed E-state index contributed by atoms with van der Waals surface area (Å²) in [6.07, 6.45) is 1.84. The third kappa shape index (κ3) is 2.34. The first-order chi connectivity index (χ1) is 6.38. The summed E-state index contributed by atoms with van der Waals surface area (Å²) in [4.78, 5) is 3.90. The molecule has 0 radical (unpaired) electrons. The monoisotopic (exact) mass is 211 g/mol. The van der Waals surface area contributed by atoms with Crippen LogP contribution < -0.4 is 10.1 Å². The van der Waals surface area contributed by atoms with Crippen LogP contribution in [0, 0.1) is 11.3 Å². The summed E-state index contributed by atoms with van der Waals surface area (Å²) in [7, 11) is 0. The van der Waals surface area contributed by atoms with Gasteiger partial charge in [0, 0.05) is 13.1 Å². The van der Waals surface area contributed by atoms with Crippen LogP contribution in [0.1, 0.15) is 5.69 Å². The van der Waals surface area contributed by atoms with Crippen LogP contribution in [0.5, 0.6) is 5.75 Å². The zero-order chi connectivity index (χ0) is 9.10. The van der Waals surface area contributed by atoms with Gasteiger partial charge in [-0.3, -0.25) is 0 Å². The lowest BCUT2D eigenvalue weighted by Gasteiger charge is -2.27. The molecule has 0 atom stereocenters. The van der Waals surface area contributed by atoms with Crippen LogP contribution in [0.15, 0.2) is 18.3 Å². The first-order valence-corrected chi connectivity index (χ1v) is 4.12. The van der Waals surface area contributed by atoms with Crippen LogP contribution in [0.4, 0.5) is 0 Å². The number of nitriles is 1. The van der Waals surface area contributed by atoms with Gasteiger partial charge in [0.15, 0.2) is 0 Å². The smallest absolute Gasteiger partial charge is 0.140 e. The number of nitrogens with zero attached hydrogens (tertiary/aromatic N) is 2. The SMILES string of the molecule is Cl.N#Cc1ccc(OC2CNC2)cn1. The molecule has 0 bridgehead atoms. The Balaban J connectivity index is 0.000000980. The predicted octanol–water partition coefficient (Wildman–Crippen LogP) is 0.726. The average Bonchev–Trinajstić information content (AvgIpc) is 2.12. The fraction of sp³-hybridized carbons (Fsp3) is 0.333. The van der Waals surface area contributed by atoms with Crippen LogP contribution in [0.2, 0.25) is 0 Å². The number of rotatable bonds is 2. The molecule has 0 aliphatic carbocycles. The third-order valence-corrected chi connectivity index (χ3v) is 1.90. The molecule has 1 saturated heterocycles. The second-order valence-electron chi connectivity index (χ2n) is 2.89. The van der Waals surface area contributed by atoms with Gasteiger partial charge in [0.1, 0.15) is 23.6 Å². The Morgan fingerprint density at radius 3 is 2.71 bits per heavy atom. The number of hydrogen-bond acceptors (Lipinski definition) is 4. The maximum absolute atomic E-state index is 8.50. The van der Waals surface area contributed by atoms with Gasteiger partial charge >= 0.3 is 0 Å². The predicted molar refractivity (Wildman–Crippen MR) is 53.5 cm³/mol. The molecule has 5 heteroatoms. The lowest BCUT2D eigenvalue weighted by atomic mass is 10.2. The van der Waals surface area contributed by atoms with Gasteiger partial charge < -0.3 is 10.1 Å². The van der Waals surface area contributed by atoms with Crippen LogP contribution in [-0.4, -0.2) is 24.2 Å². The van der Waals surface area contributed by atoms with Crippen LogP contribution in [-0.2, 0) is 0 Å². The zero-order valence-corrected chi connectivity index (χ0v) is 8.25. The lowest BCUT2D eigenvalue weighted by molar-refractivity contribution is 0.141. The van der Waals surface area contributed by atoms with E-state index in [4.69, 9.17) is 10.00 Å². The minimum atomic E-state index is 0. The minimum absolute atomic E-state index is 0. The van der Waals surface area contributed by atoms with E-state index in [1.807, 2.05) is 6.07 Å². The van der Waals surface area contributed by atoms with Crippen molar-refractivity contribution in [1.29, 1.82) is 5.26 Å². The van der Waals surface area contributed by atoms with Crippen molar-refractivity contribution in [3.05, 3.63) is 24.0 Å². The van der Waals surface area contributed by atoms with Crippen molar-refractivity contribution in [3.63, 3.8) is 0 Å². The van der Waals surface area contributed by atoms with E-state index in [0.717, 1.165) is 18.8 Å². The molecule has 1 fully saturated rings. The maximum atomic E-state index is 8.50. The number of halogens is 1. The standard InChI is InChI=1S/C9H9N3O.ClH/c10-3-7-1-2-8(6-12-7)13-9-4-11-5-9;/h1-2,6,9,11H,4-5H2;1H. The topological polar surface area (TPSA) is 57.9 Å². The van der Waals surface area contributed by atoms with E-state index in [1.165, 1.54) is 0 Å². The highest BCUT2D eigenvalue weighted by atomic mass is 35.5. The van der Waals surface area contributed by atoms with Crippen molar-refractivity contribution in [1.82, 2.24) is 10.3 Å². The summed E-state index contributed by atoms with van der Waals surface area (Å²) in [5.74, 6) is 0.727. The van der Waals surface area contributed by atoms with Gasteiger partial charge in [0.25, 0.3) is 0 Å². The minimum Gasteiger partial charge on any atom is -0.486 e. The second-order valence-corrected chi connectivity index (χ2v) is 2.89. The number of aromatic nitrogens is 1. The molecule has 4 nitrogen and oxygen atoms in total. The molecular formula is C9H10ClN3O. The molecule has 0 aromatic carbocycles. The Morgan fingerprint density at radius 2 is 2.29 bits per heavy atom. The van der Waals surface area contributed by atoms with Crippen molar-refractivity contribution in [2.75, 3.05) is 13.1 Å². The summed E-state index contributed by atoms with van der Waals surface area (Å²) < 4.78 is 5.52. The van der Waals surface area contributed by atoms with Gasteiger partial charge in [-0.1, -0.05) is 0 Å². The molecule has 1 aliphatic rings. The van der Waals surface area contributed by atoms with Gasteiger partial charge in [-0.05, 0) is 12.1 Å². The normalized spacial score (nSPS) is 14.8. The largest absolute Gasteiger partial charge is 0.486 e. The Hall–Kier alpha value is -1.31. The third-order valence-electron chi connectivity index (χ3n) is 1.90. The molecule has 14 heavy (non-hydrogen) atoms. The molecule has 0 amide bonds. The first kappa shape index (κ1) is 10.8. The molecule has 1 aromatic heterocycles. The molecule has 1 N–H and O–H groups in total. The zero-order valence-electron chi connectivity index (χ0n) is 7.43. The molecule has 1 aliphatic heterocycles. The highest BCUT2D eigenvalue weighted by Gasteiger charge is 2.17. The van der Waals surface area contributed by atoms with Crippen LogP contribution in [0.3, 0.4) is 0 Å². The van der Waals surface area contributed by atoms with Gasteiger partial charge in [-0.15, -0.1) is 12.4 Å². The fourth-order valence-electron chi connectivity index (χ4n) is 1.05. The summed E-state index contributed by atoms with van der Waals surface area (Å²) in [6, 6.07) is 5.38. The van der Waals surface area contributed by atoms with E-state index in [2.05, 4.69) is 10.3 Å². The quantitative estimate of drug-likeness (QED) is 0.784. The van der Waals surface area contributed by atoms with Gasteiger partial charge in [-0.25, -0.2) is 4.98 Å². The van der Waals surface area contributed by atoms with E-state index >= 15 is 0 Å². The van der Waals surface area contributed by atoms with Crippen molar-refractivity contribution < 1.29 is 4.74 Å². The number of hydrogen-bond donors (Lipinski definition) is 1. The van der Waals surface area contributed by atoms with E-state index in [1.54, 1.807) is 18.3 Å². The Kier molecular flexibility index (Phi) is 3.69. The maximum Gasteiger partial charge on any atom is 0.140 e. The van der Waals surface area contributed by atoms with Crippen molar-refractivity contribution in [2.45, 2.75) is 6.10 Å². The highest BCUT2D eigenvalue weighted by Crippen LogP contribution is 2.12. The Bertz CT molecular complexity index is 329. The molecule has 2 rings (SSSR count). The molecule has 0 unspecified atom stereocenters. The number of pyridine rings is 1. The first-order valence-electron chi connectivity index (χ1n) is 4.12. The molecule has 1 aromatic rings. The van der Waals surface area contributed by atoms with Crippen LogP contribution >= 0.6 is 12.4 Å². The summed E-state index contributed by atoms with van der Waals surface area (Å²) in [5, 5.41) is 11.6. The van der Waals surface area contributed by atoms with Gasteiger partial charge in [0.05, 0.1) is 6.20 Å². The molecule has 0 saturated carbocycles. The van der Waals surface area contributed by atoms with Crippen molar-refractivity contribution in [3.8, 4) is 11.8 Å². The fourth-order valence-corrected chi connectivity index (χ4v) is 1.05. The number of ether oxygens (including phenoxy) is 1. The Morgan fingerprint density at radius 1 is 1.50 bits per heavy atom. The summed E-state index contributed by atoms with van der Waals surface area (Å²) in [5.41, 5.74) is 0.416. The van der Waals surface area contributed by atoms with E-state index in [9.17, 15) is 0 Å². The average molecular weight is 212 g/mol. The van der Waals surface area contributed by atoms with E-state index < -0.39 is 0 Å². The van der Waals surface area contributed by atoms with E-state index in [0.29, 0.717) is 5.69 Å². The molecule has 2 heterocycles. The van der Waals surface area contributed by atoms with Gasteiger partial charge in [-0.2, -0.15) is 5.26 Å². The summed E-state index contributed by atoms with van der Waals surface area (Å²) in [6.45, 7) is 1.78. The van der Waals surface area contributed by atoms with Gasteiger partial charge in [0.2, 0.25) is 0 Å². The molecule has 74 valence electrons. The second kappa shape index (κ2) is 4.80. The molecular weight excluding hydrogens is 202 g/mol. The van der Waals surface area contributed by atoms with Crippen molar-refractivity contribution >= 4 is 12.4 Å². The Labute approximate surface area is 88.3 Å². The lowest BCUT2D eigenvalue weighted by Crippen LogP contribution is -2.50. The number of nitrogens with one attached hydrogen (secondary N) is 1.